The number of carbonyl (C=O) groups is 1. The number of nitrogens with two attached hydrogens (primary N) is 1. The fourth-order valence-corrected chi connectivity index (χ4v) is 2.28. The maximum absolute atomic E-state index is 11.9. The fourth-order valence-electron chi connectivity index (χ4n) is 1.49. The van der Waals surface area contributed by atoms with E-state index in [9.17, 15) is 4.79 Å². The Hall–Kier alpha value is -1.59. The lowest BCUT2D eigenvalue weighted by Gasteiger charge is -2.07. The molecule has 94 valence electrons. The lowest BCUT2D eigenvalue weighted by atomic mass is 10.1. The van der Waals surface area contributed by atoms with Crippen LogP contribution in [0.25, 0.3) is 0 Å². The molecule has 2 rings (SSSR count). The van der Waals surface area contributed by atoms with Crippen LogP contribution in [0.2, 0.25) is 5.02 Å². The summed E-state index contributed by atoms with van der Waals surface area (Å²) in [7, 11) is 0. The molecule has 0 aliphatic heterocycles. The Bertz CT molecular complexity index is 542. The van der Waals surface area contributed by atoms with E-state index >= 15 is 0 Å². The first-order valence-corrected chi connectivity index (χ1v) is 6.65. The molecule has 0 aliphatic rings. The van der Waals surface area contributed by atoms with Crippen molar-refractivity contribution in [1.29, 1.82) is 0 Å². The van der Waals surface area contributed by atoms with Crippen LogP contribution in [-0.4, -0.2) is 17.4 Å². The molecule has 1 amide bonds. The van der Waals surface area contributed by atoms with Crippen molar-refractivity contribution in [1.82, 2.24) is 10.3 Å². The average molecular weight is 282 g/mol. The summed E-state index contributed by atoms with van der Waals surface area (Å²) in [6.45, 7) is 0.526. The normalized spacial score (nSPS) is 10.3. The number of hydrogen-bond acceptors (Lipinski definition) is 4. The maximum atomic E-state index is 11.9. The van der Waals surface area contributed by atoms with Crippen LogP contribution in [0.4, 0.5) is 5.69 Å². The third kappa shape index (κ3) is 3.00. The van der Waals surface area contributed by atoms with E-state index in [4.69, 9.17) is 17.3 Å². The highest BCUT2D eigenvalue weighted by molar-refractivity contribution is 7.09. The summed E-state index contributed by atoms with van der Waals surface area (Å²) in [6.07, 6.45) is 2.46. The first kappa shape index (κ1) is 12.9. The van der Waals surface area contributed by atoms with Crippen molar-refractivity contribution in [2.24, 2.45) is 0 Å². The van der Waals surface area contributed by atoms with Gasteiger partial charge in [-0.25, -0.2) is 4.98 Å². The number of benzene rings is 1. The van der Waals surface area contributed by atoms with Gasteiger partial charge < -0.3 is 11.1 Å². The van der Waals surface area contributed by atoms with Gasteiger partial charge in [-0.1, -0.05) is 17.7 Å². The minimum absolute atomic E-state index is 0.216. The van der Waals surface area contributed by atoms with Crippen LogP contribution in [0.5, 0.6) is 0 Å². The number of nitrogens with one attached hydrogen (secondary N) is 1. The molecule has 0 aliphatic carbocycles. The van der Waals surface area contributed by atoms with E-state index in [1.54, 1.807) is 35.7 Å². The molecule has 0 atom stereocenters. The van der Waals surface area contributed by atoms with E-state index in [0.29, 0.717) is 29.2 Å². The largest absolute Gasteiger partial charge is 0.397 e. The summed E-state index contributed by atoms with van der Waals surface area (Å²) >= 11 is 7.43. The number of thiazole rings is 1. The van der Waals surface area contributed by atoms with Gasteiger partial charge in [-0.2, -0.15) is 0 Å². The Balaban J connectivity index is 1.93. The molecule has 6 heteroatoms. The van der Waals surface area contributed by atoms with Gasteiger partial charge >= 0.3 is 0 Å². The predicted molar refractivity (Wildman–Crippen MR) is 74.0 cm³/mol. The number of nitrogen functional groups attached to an aromatic ring is 1. The summed E-state index contributed by atoms with van der Waals surface area (Å²) in [6, 6.07) is 5.01. The molecule has 0 fully saturated rings. The third-order valence-corrected chi connectivity index (χ3v) is 3.57. The van der Waals surface area contributed by atoms with E-state index < -0.39 is 0 Å². The topological polar surface area (TPSA) is 68.0 Å². The highest BCUT2D eigenvalue weighted by Gasteiger charge is 2.11. The maximum Gasteiger partial charge on any atom is 0.253 e. The van der Waals surface area contributed by atoms with E-state index in [1.165, 1.54) is 0 Å². The molecule has 0 saturated heterocycles. The second-order valence-corrected chi connectivity index (χ2v) is 5.02. The van der Waals surface area contributed by atoms with Gasteiger partial charge in [0.1, 0.15) is 0 Å². The fraction of sp³-hybridized carbons (Fsp3) is 0.167. The zero-order valence-corrected chi connectivity index (χ0v) is 11.1. The summed E-state index contributed by atoms with van der Waals surface area (Å²) in [4.78, 5) is 16.0. The molecule has 3 N–H and O–H groups in total. The van der Waals surface area contributed by atoms with E-state index in [-0.39, 0.29) is 5.91 Å². The molecule has 4 nitrogen and oxygen atoms in total. The van der Waals surface area contributed by atoms with Crippen molar-refractivity contribution in [2.75, 3.05) is 12.3 Å². The lowest BCUT2D eigenvalue weighted by Crippen LogP contribution is -2.26. The van der Waals surface area contributed by atoms with Crippen LogP contribution in [0.3, 0.4) is 0 Å². The number of amides is 1. The summed E-state index contributed by atoms with van der Waals surface area (Å²) in [5.41, 5.74) is 6.46. The highest BCUT2D eigenvalue weighted by atomic mass is 35.5. The van der Waals surface area contributed by atoms with Gasteiger partial charge in [0.2, 0.25) is 0 Å². The van der Waals surface area contributed by atoms with E-state index in [2.05, 4.69) is 10.3 Å². The number of halogens is 1. The van der Waals surface area contributed by atoms with Crippen molar-refractivity contribution < 1.29 is 4.79 Å². The summed E-state index contributed by atoms with van der Waals surface area (Å²) in [5, 5.41) is 6.09. The van der Waals surface area contributed by atoms with Gasteiger partial charge in [-0.05, 0) is 12.1 Å². The number of anilines is 1. The second kappa shape index (κ2) is 5.84. The predicted octanol–water partition coefficient (Wildman–Crippen LogP) is 2.35. The van der Waals surface area contributed by atoms with E-state index in [1.807, 2.05) is 5.38 Å². The lowest BCUT2D eigenvalue weighted by molar-refractivity contribution is 0.0955. The first-order chi connectivity index (χ1) is 8.68. The van der Waals surface area contributed by atoms with Gasteiger partial charge in [0, 0.05) is 24.5 Å². The number of hydrogen-bond donors (Lipinski definition) is 2. The third-order valence-electron chi connectivity index (χ3n) is 2.41. The van der Waals surface area contributed by atoms with Gasteiger partial charge in [0.25, 0.3) is 5.91 Å². The van der Waals surface area contributed by atoms with Crippen molar-refractivity contribution in [2.45, 2.75) is 6.42 Å². The molecule has 0 unspecified atom stereocenters. The monoisotopic (exact) mass is 281 g/mol. The molecule has 0 bridgehead atoms. The molecule has 0 saturated carbocycles. The Morgan fingerprint density at radius 1 is 1.50 bits per heavy atom. The smallest absolute Gasteiger partial charge is 0.253 e. The van der Waals surface area contributed by atoms with Gasteiger partial charge in [0.05, 0.1) is 21.3 Å². The zero-order valence-electron chi connectivity index (χ0n) is 9.52. The second-order valence-electron chi connectivity index (χ2n) is 3.63. The van der Waals surface area contributed by atoms with Crippen LogP contribution < -0.4 is 11.1 Å². The van der Waals surface area contributed by atoms with E-state index in [0.717, 1.165) is 5.01 Å². The molecule has 0 spiro atoms. The van der Waals surface area contributed by atoms with Gasteiger partial charge in [0.15, 0.2) is 0 Å². The summed E-state index contributed by atoms with van der Waals surface area (Å²) < 4.78 is 0. The molecule has 0 radical (unpaired) electrons. The summed E-state index contributed by atoms with van der Waals surface area (Å²) in [5.74, 6) is -0.216. The van der Waals surface area contributed by atoms with Crippen LogP contribution in [0, 0.1) is 0 Å². The Morgan fingerprint density at radius 3 is 3.06 bits per heavy atom. The highest BCUT2D eigenvalue weighted by Crippen LogP contribution is 2.22. The van der Waals surface area contributed by atoms with Crippen LogP contribution in [0.1, 0.15) is 15.4 Å². The number of para-hydroxylation sites is 1. The average Bonchev–Trinajstić information content (AvgIpc) is 2.85. The quantitative estimate of drug-likeness (QED) is 0.846. The Kier molecular flexibility index (Phi) is 4.17. The minimum atomic E-state index is -0.216. The van der Waals surface area contributed by atoms with Crippen molar-refractivity contribution in [3.63, 3.8) is 0 Å². The van der Waals surface area contributed by atoms with Crippen molar-refractivity contribution in [3.8, 4) is 0 Å². The van der Waals surface area contributed by atoms with Gasteiger partial charge in [-0.15, -0.1) is 11.3 Å². The Labute approximate surface area is 114 Å². The number of aromatic nitrogens is 1. The van der Waals surface area contributed by atoms with Crippen LogP contribution in [0.15, 0.2) is 29.8 Å². The molecular weight excluding hydrogens is 270 g/mol. The standard InChI is InChI=1S/C12H12ClN3OS/c13-9-3-1-2-8(11(9)14)12(17)16-5-4-10-15-6-7-18-10/h1-3,6-7H,4-5,14H2,(H,16,17). The Morgan fingerprint density at radius 2 is 2.33 bits per heavy atom. The molecule has 2 aromatic rings. The first-order valence-electron chi connectivity index (χ1n) is 5.39. The number of rotatable bonds is 4. The molecular formula is C12H12ClN3OS. The number of carbonyl (C=O) groups excluding carboxylic acids is 1. The molecule has 1 aromatic heterocycles. The van der Waals surface area contributed by atoms with Gasteiger partial charge in [-0.3, -0.25) is 4.79 Å². The zero-order chi connectivity index (χ0) is 13.0. The van der Waals surface area contributed by atoms with Crippen LogP contribution in [-0.2, 0) is 6.42 Å². The number of nitrogens with zero attached hydrogens (tertiary/aromatic N) is 1. The van der Waals surface area contributed by atoms with Crippen molar-refractivity contribution in [3.05, 3.63) is 45.4 Å². The van der Waals surface area contributed by atoms with Crippen molar-refractivity contribution >= 4 is 34.5 Å². The SMILES string of the molecule is Nc1c(Cl)cccc1C(=O)NCCc1nccs1. The molecule has 1 aromatic carbocycles. The van der Waals surface area contributed by atoms with Crippen LogP contribution >= 0.6 is 22.9 Å². The molecule has 18 heavy (non-hydrogen) atoms. The molecule has 1 heterocycles. The minimum Gasteiger partial charge on any atom is -0.397 e.